The van der Waals surface area contributed by atoms with Gasteiger partial charge in [-0.05, 0) is 12.5 Å². The SMILES string of the molecule is COC(=O)c1sc2nc(N3CCNCC3)nc(Cl)c2c1C. The Hall–Kier alpha value is -1.44. The number of aryl methyl sites for hydroxylation is 1. The van der Waals surface area contributed by atoms with Gasteiger partial charge in [0, 0.05) is 26.2 Å². The van der Waals surface area contributed by atoms with Gasteiger partial charge in [-0.25, -0.2) is 14.8 Å². The van der Waals surface area contributed by atoms with Crippen LogP contribution in [-0.4, -0.2) is 49.2 Å². The van der Waals surface area contributed by atoms with E-state index < -0.39 is 0 Å². The molecular weight excluding hydrogens is 312 g/mol. The van der Waals surface area contributed by atoms with E-state index in [2.05, 4.69) is 20.2 Å². The van der Waals surface area contributed by atoms with Crippen molar-refractivity contribution in [3.05, 3.63) is 15.6 Å². The molecule has 0 aromatic carbocycles. The van der Waals surface area contributed by atoms with Crippen LogP contribution in [0.25, 0.3) is 10.2 Å². The number of anilines is 1. The van der Waals surface area contributed by atoms with Gasteiger partial charge in [-0.3, -0.25) is 0 Å². The van der Waals surface area contributed by atoms with Gasteiger partial charge in [0.1, 0.15) is 14.9 Å². The Morgan fingerprint density at radius 3 is 2.76 bits per heavy atom. The first-order valence-electron chi connectivity index (χ1n) is 6.62. The van der Waals surface area contributed by atoms with Crippen LogP contribution in [0.2, 0.25) is 5.15 Å². The molecular formula is C13H15ClN4O2S. The number of rotatable bonds is 2. The number of nitrogens with zero attached hydrogens (tertiary/aromatic N) is 3. The number of esters is 1. The number of thiophene rings is 1. The average Bonchev–Trinajstić information content (AvgIpc) is 2.85. The lowest BCUT2D eigenvalue weighted by molar-refractivity contribution is 0.0605. The predicted molar refractivity (Wildman–Crippen MR) is 83.6 cm³/mol. The maximum absolute atomic E-state index is 11.8. The minimum absolute atomic E-state index is 0.365. The smallest absolute Gasteiger partial charge is 0.348 e. The first-order chi connectivity index (χ1) is 10.1. The largest absolute Gasteiger partial charge is 0.465 e. The first-order valence-corrected chi connectivity index (χ1v) is 7.82. The van der Waals surface area contributed by atoms with E-state index in [1.54, 1.807) is 0 Å². The Morgan fingerprint density at radius 1 is 1.38 bits per heavy atom. The number of carbonyl (C=O) groups excluding carboxylic acids is 1. The zero-order chi connectivity index (χ0) is 15.0. The summed E-state index contributed by atoms with van der Waals surface area (Å²) < 4.78 is 4.79. The Labute approximate surface area is 131 Å². The fraction of sp³-hybridized carbons (Fsp3) is 0.462. The highest BCUT2D eigenvalue weighted by molar-refractivity contribution is 7.20. The summed E-state index contributed by atoms with van der Waals surface area (Å²) in [5.74, 6) is 0.252. The standard InChI is InChI=1S/C13H15ClN4O2S/c1-7-8-10(14)16-13(18-5-3-15-4-6-18)17-11(8)21-9(7)12(19)20-2/h15H,3-6H2,1-2H3. The average molecular weight is 327 g/mol. The van der Waals surface area contributed by atoms with E-state index in [-0.39, 0.29) is 5.97 Å². The van der Waals surface area contributed by atoms with Crippen molar-refractivity contribution in [1.82, 2.24) is 15.3 Å². The highest BCUT2D eigenvalue weighted by Gasteiger charge is 2.22. The second-order valence-corrected chi connectivity index (χ2v) is 6.14. The molecule has 1 aliphatic rings. The van der Waals surface area contributed by atoms with Crippen LogP contribution in [0, 0.1) is 6.92 Å². The van der Waals surface area contributed by atoms with Crippen LogP contribution in [0.1, 0.15) is 15.2 Å². The second-order valence-electron chi connectivity index (χ2n) is 4.78. The number of nitrogens with one attached hydrogen (secondary N) is 1. The van der Waals surface area contributed by atoms with Crippen molar-refractivity contribution in [2.24, 2.45) is 0 Å². The van der Waals surface area contributed by atoms with Crippen molar-refractivity contribution in [1.29, 1.82) is 0 Å². The molecule has 2 aromatic heterocycles. The minimum atomic E-state index is -0.365. The quantitative estimate of drug-likeness (QED) is 0.671. The second kappa shape index (κ2) is 5.75. The fourth-order valence-electron chi connectivity index (χ4n) is 2.37. The van der Waals surface area contributed by atoms with Crippen molar-refractivity contribution in [2.75, 3.05) is 38.2 Å². The number of aromatic nitrogens is 2. The molecule has 0 radical (unpaired) electrons. The molecule has 6 nitrogen and oxygen atoms in total. The van der Waals surface area contributed by atoms with Crippen LogP contribution in [0.15, 0.2) is 0 Å². The maximum Gasteiger partial charge on any atom is 0.348 e. The van der Waals surface area contributed by atoms with Gasteiger partial charge in [0.15, 0.2) is 0 Å². The number of ether oxygens (including phenoxy) is 1. The van der Waals surface area contributed by atoms with Crippen molar-refractivity contribution < 1.29 is 9.53 Å². The number of methoxy groups -OCH3 is 1. The number of fused-ring (bicyclic) bond motifs is 1. The summed E-state index contributed by atoms with van der Waals surface area (Å²) in [6, 6.07) is 0. The van der Waals surface area contributed by atoms with Crippen LogP contribution in [0.4, 0.5) is 5.95 Å². The summed E-state index contributed by atoms with van der Waals surface area (Å²) >= 11 is 7.61. The van der Waals surface area contributed by atoms with E-state index in [9.17, 15) is 4.79 Å². The highest BCUT2D eigenvalue weighted by Crippen LogP contribution is 2.35. The lowest BCUT2D eigenvalue weighted by Crippen LogP contribution is -2.44. The van der Waals surface area contributed by atoms with Gasteiger partial charge in [0.25, 0.3) is 0 Å². The molecule has 1 N–H and O–H groups in total. The zero-order valence-corrected chi connectivity index (χ0v) is 13.3. The van der Waals surface area contributed by atoms with Crippen molar-refractivity contribution in [2.45, 2.75) is 6.92 Å². The van der Waals surface area contributed by atoms with Crippen LogP contribution in [0.3, 0.4) is 0 Å². The van der Waals surface area contributed by atoms with E-state index >= 15 is 0 Å². The Bertz CT molecular complexity index is 697. The normalized spacial score (nSPS) is 15.5. The molecule has 2 aromatic rings. The third-order valence-electron chi connectivity index (χ3n) is 3.50. The molecule has 8 heteroatoms. The van der Waals surface area contributed by atoms with Gasteiger partial charge >= 0.3 is 5.97 Å². The lowest BCUT2D eigenvalue weighted by atomic mass is 10.2. The van der Waals surface area contributed by atoms with Crippen molar-refractivity contribution >= 4 is 45.1 Å². The molecule has 1 fully saturated rings. The number of hydrogen-bond donors (Lipinski definition) is 1. The zero-order valence-electron chi connectivity index (χ0n) is 11.8. The van der Waals surface area contributed by atoms with Gasteiger partial charge in [-0.15, -0.1) is 11.3 Å². The van der Waals surface area contributed by atoms with Crippen LogP contribution < -0.4 is 10.2 Å². The predicted octanol–water partition coefficient (Wildman–Crippen LogP) is 1.85. The number of carbonyl (C=O) groups is 1. The molecule has 112 valence electrons. The van der Waals surface area contributed by atoms with Crippen LogP contribution in [0.5, 0.6) is 0 Å². The van der Waals surface area contributed by atoms with Gasteiger partial charge in [-0.1, -0.05) is 11.6 Å². The van der Waals surface area contributed by atoms with Gasteiger partial charge in [0.2, 0.25) is 5.95 Å². The van der Waals surface area contributed by atoms with Gasteiger partial charge in [0.05, 0.1) is 12.5 Å². The molecule has 1 saturated heterocycles. The molecule has 0 spiro atoms. The van der Waals surface area contributed by atoms with Crippen molar-refractivity contribution in [3.8, 4) is 0 Å². The summed E-state index contributed by atoms with van der Waals surface area (Å²) in [5.41, 5.74) is 0.777. The lowest BCUT2D eigenvalue weighted by Gasteiger charge is -2.27. The van der Waals surface area contributed by atoms with Gasteiger partial charge < -0.3 is 15.0 Å². The van der Waals surface area contributed by atoms with E-state index in [1.165, 1.54) is 18.4 Å². The molecule has 0 saturated carbocycles. The molecule has 3 rings (SSSR count). The molecule has 21 heavy (non-hydrogen) atoms. The fourth-order valence-corrected chi connectivity index (χ4v) is 3.83. The van der Waals surface area contributed by atoms with Crippen molar-refractivity contribution in [3.63, 3.8) is 0 Å². The molecule has 0 bridgehead atoms. The Balaban J connectivity index is 2.09. The molecule has 0 amide bonds. The van der Waals surface area contributed by atoms with Crippen LogP contribution >= 0.6 is 22.9 Å². The molecule has 1 aliphatic heterocycles. The first kappa shape index (κ1) is 14.5. The van der Waals surface area contributed by atoms with E-state index in [1.807, 2.05) is 6.92 Å². The summed E-state index contributed by atoms with van der Waals surface area (Å²) in [7, 11) is 1.37. The third kappa shape index (κ3) is 2.56. The summed E-state index contributed by atoms with van der Waals surface area (Å²) in [6.45, 7) is 5.32. The summed E-state index contributed by atoms with van der Waals surface area (Å²) in [5, 5.41) is 4.41. The molecule has 3 heterocycles. The van der Waals surface area contributed by atoms with E-state index in [4.69, 9.17) is 16.3 Å². The number of piperazine rings is 1. The third-order valence-corrected chi connectivity index (χ3v) is 4.94. The minimum Gasteiger partial charge on any atom is -0.465 e. The highest BCUT2D eigenvalue weighted by atomic mass is 35.5. The summed E-state index contributed by atoms with van der Waals surface area (Å²) in [6.07, 6.45) is 0. The summed E-state index contributed by atoms with van der Waals surface area (Å²) in [4.78, 5) is 24.1. The number of halogens is 1. The van der Waals surface area contributed by atoms with Gasteiger partial charge in [-0.2, -0.15) is 0 Å². The van der Waals surface area contributed by atoms with E-state index in [0.29, 0.717) is 16.0 Å². The Kier molecular flexibility index (Phi) is 3.97. The van der Waals surface area contributed by atoms with E-state index in [0.717, 1.165) is 42.0 Å². The topological polar surface area (TPSA) is 67.3 Å². The molecule has 0 atom stereocenters. The molecule has 0 unspecified atom stereocenters. The maximum atomic E-state index is 11.8. The van der Waals surface area contributed by atoms with Crippen LogP contribution in [-0.2, 0) is 4.74 Å². The Morgan fingerprint density at radius 2 is 2.10 bits per heavy atom. The number of hydrogen-bond acceptors (Lipinski definition) is 7. The molecule has 0 aliphatic carbocycles. The monoisotopic (exact) mass is 326 g/mol.